The van der Waals surface area contributed by atoms with Crippen molar-refractivity contribution in [1.82, 2.24) is 0 Å². The van der Waals surface area contributed by atoms with Gasteiger partial charge in [0.2, 0.25) is 5.91 Å². The third-order valence-corrected chi connectivity index (χ3v) is 2.59. The third kappa shape index (κ3) is 3.32. The van der Waals surface area contributed by atoms with Crippen LogP contribution in [0, 0.1) is 5.92 Å². The molecule has 0 spiro atoms. The van der Waals surface area contributed by atoms with Gasteiger partial charge in [-0.15, -0.1) is 0 Å². The highest BCUT2D eigenvalue weighted by atomic mass is 19.3. The van der Waals surface area contributed by atoms with Crippen molar-refractivity contribution in [2.45, 2.75) is 26.3 Å². The molecule has 4 nitrogen and oxygen atoms in total. The summed E-state index contributed by atoms with van der Waals surface area (Å²) in [5, 5.41) is 2.74. The van der Waals surface area contributed by atoms with E-state index < -0.39 is 18.4 Å². The molecule has 1 unspecified atom stereocenters. The second-order valence-corrected chi connectivity index (χ2v) is 4.42. The van der Waals surface area contributed by atoms with E-state index in [2.05, 4.69) is 5.32 Å². The number of anilines is 2. The number of rotatable bonds is 5. The highest BCUT2D eigenvalue weighted by molar-refractivity contribution is 5.83. The van der Waals surface area contributed by atoms with Gasteiger partial charge in [-0.1, -0.05) is 13.8 Å². The topological polar surface area (TPSA) is 81.1 Å². The molecule has 1 aromatic rings. The summed E-state index contributed by atoms with van der Waals surface area (Å²) < 4.78 is 25.7. The molecule has 0 aliphatic heterocycles. The molecule has 0 aliphatic rings. The Morgan fingerprint density at radius 3 is 2.39 bits per heavy atom. The van der Waals surface area contributed by atoms with Crippen LogP contribution in [0.25, 0.3) is 0 Å². The van der Waals surface area contributed by atoms with Crippen molar-refractivity contribution in [3.8, 4) is 0 Å². The zero-order valence-corrected chi connectivity index (χ0v) is 10.3. The number of alkyl halides is 2. The predicted molar refractivity (Wildman–Crippen MR) is 67.3 cm³/mol. The molecule has 0 bridgehead atoms. The lowest BCUT2D eigenvalue weighted by molar-refractivity contribution is -0.119. The maximum Gasteiger partial charge on any atom is 0.265 e. The summed E-state index contributed by atoms with van der Waals surface area (Å²) in [5.74, 6) is -0.687. The molecule has 0 saturated carbocycles. The fraction of sp³-hybridized carbons (Fsp3) is 0.417. The van der Waals surface area contributed by atoms with E-state index in [1.54, 1.807) is 13.8 Å². The first kappa shape index (κ1) is 14.2. The first-order chi connectivity index (χ1) is 8.32. The van der Waals surface area contributed by atoms with Crippen LogP contribution in [0.5, 0.6) is 0 Å². The van der Waals surface area contributed by atoms with E-state index in [1.807, 2.05) is 0 Å². The summed E-state index contributed by atoms with van der Waals surface area (Å²) in [6.45, 7) is 3.56. The average Bonchev–Trinajstić information content (AvgIpc) is 2.25. The number of carbonyl (C=O) groups is 1. The Morgan fingerprint density at radius 1 is 1.33 bits per heavy atom. The monoisotopic (exact) mass is 257 g/mol. The smallest absolute Gasteiger partial charge is 0.265 e. The second-order valence-electron chi connectivity index (χ2n) is 4.42. The van der Waals surface area contributed by atoms with Gasteiger partial charge in [0.15, 0.2) is 0 Å². The molecule has 0 fully saturated rings. The van der Waals surface area contributed by atoms with E-state index in [0.29, 0.717) is 0 Å². The van der Waals surface area contributed by atoms with Gasteiger partial charge in [0, 0.05) is 16.9 Å². The van der Waals surface area contributed by atoms with Crippen molar-refractivity contribution in [2.24, 2.45) is 11.7 Å². The number of hydrogen-bond donors (Lipinski definition) is 3. The normalized spacial score (nSPS) is 12.8. The van der Waals surface area contributed by atoms with Crippen molar-refractivity contribution < 1.29 is 13.6 Å². The van der Waals surface area contributed by atoms with E-state index in [-0.39, 0.29) is 22.9 Å². The summed E-state index contributed by atoms with van der Waals surface area (Å²) in [6, 6.07) is 3.40. The third-order valence-electron chi connectivity index (χ3n) is 2.59. The minimum absolute atomic E-state index is 0.106. The first-order valence-electron chi connectivity index (χ1n) is 5.56. The minimum Gasteiger partial charge on any atom is -0.399 e. The van der Waals surface area contributed by atoms with Crippen LogP contribution in [0.15, 0.2) is 18.2 Å². The summed E-state index contributed by atoms with van der Waals surface area (Å²) >= 11 is 0. The molecule has 6 heteroatoms. The molecule has 1 atom stereocenters. The van der Waals surface area contributed by atoms with Gasteiger partial charge in [0.05, 0.1) is 0 Å². The molecule has 5 N–H and O–H groups in total. The van der Waals surface area contributed by atoms with E-state index >= 15 is 0 Å². The molecule has 100 valence electrons. The number of amides is 1. The highest BCUT2D eigenvalue weighted by Crippen LogP contribution is 2.30. The number of carbonyl (C=O) groups excluding carboxylic acids is 1. The van der Waals surface area contributed by atoms with Gasteiger partial charge >= 0.3 is 0 Å². The van der Waals surface area contributed by atoms with Crippen molar-refractivity contribution in [2.75, 3.05) is 11.1 Å². The van der Waals surface area contributed by atoms with Gasteiger partial charge in [-0.3, -0.25) is 4.79 Å². The van der Waals surface area contributed by atoms with Crippen LogP contribution >= 0.6 is 0 Å². The number of hydrogen-bond acceptors (Lipinski definition) is 3. The first-order valence-corrected chi connectivity index (χ1v) is 5.56. The number of halogens is 2. The Morgan fingerprint density at radius 2 is 1.94 bits per heavy atom. The Balaban J connectivity index is 3.06. The maximum atomic E-state index is 12.8. The molecule has 1 rings (SSSR count). The summed E-state index contributed by atoms with van der Waals surface area (Å²) in [7, 11) is 0. The van der Waals surface area contributed by atoms with Gasteiger partial charge < -0.3 is 16.8 Å². The van der Waals surface area contributed by atoms with Gasteiger partial charge in [0.25, 0.3) is 6.43 Å². The number of nitrogen functional groups attached to an aromatic ring is 1. The minimum atomic E-state index is -2.67. The molecule has 0 aromatic heterocycles. The number of nitrogens with one attached hydrogen (secondary N) is 1. The molecule has 18 heavy (non-hydrogen) atoms. The quantitative estimate of drug-likeness (QED) is 0.707. The molecular weight excluding hydrogens is 240 g/mol. The summed E-state index contributed by atoms with van der Waals surface area (Å²) in [4.78, 5) is 11.2. The highest BCUT2D eigenvalue weighted by Gasteiger charge is 2.22. The van der Waals surface area contributed by atoms with Gasteiger partial charge in [-0.25, -0.2) is 8.78 Å². The van der Waals surface area contributed by atoms with Crippen LogP contribution in [0.4, 0.5) is 20.2 Å². The lowest BCUT2D eigenvalue weighted by Gasteiger charge is -2.22. The van der Waals surface area contributed by atoms with Gasteiger partial charge in [0.1, 0.15) is 6.04 Å². The zero-order chi connectivity index (χ0) is 13.9. The van der Waals surface area contributed by atoms with E-state index in [1.165, 1.54) is 18.2 Å². The Kier molecular flexibility index (Phi) is 4.47. The van der Waals surface area contributed by atoms with Crippen molar-refractivity contribution >= 4 is 17.3 Å². The maximum absolute atomic E-state index is 12.8. The van der Waals surface area contributed by atoms with E-state index in [4.69, 9.17) is 11.5 Å². The van der Waals surface area contributed by atoms with Crippen LogP contribution in [0.3, 0.4) is 0 Å². The van der Waals surface area contributed by atoms with Gasteiger partial charge in [-0.05, 0) is 24.1 Å². The van der Waals surface area contributed by atoms with E-state index in [9.17, 15) is 13.6 Å². The second kappa shape index (κ2) is 5.66. The molecule has 0 aliphatic carbocycles. The van der Waals surface area contributed by atoms with Crippen molar-refractivity contribution in [3.63, 3.8) is 0 Å². The Labute approximate surface area is 104 Å². The van der Waals surface area contributed by atoms with Gasteiger partial charge in [-0.2, -0.15) is 0 Å². The lowest BCUT2D eigenvalue weighted by Crippen LogP contribution is -2.39. The number of nitrogens with two attached hydrogens (primary N) is 2. The fourth-order valence-corrected chi connectivity index (χ4v) is 1.63. The molecule has 0 radical (unpaired) electrons. The van der Waals surface area contributed by atoms with Crippen LogP contribution in [-0.2, 0) is 4.79 Å². The van der Waals surface area contributed by atoms with Crippen molar-refractivity contribution in [1.29, 1.82) is 0 Å². The fourth-order valence-electron chi connectivity index (χ4n) is 1.63. The van der Waals surface area contributed by atoms with Crippen LogP contribution in [0.1, 0.15) is 25.8 Å². The standard InChI is InChI=1S/C12H17F2N3O/c1-6(2)10(12(16)18)17-9-4-3-7(15)5-8(9)11(13)14/h3-6,10-11,17H,15H2,1-2H3,(H2,16,18). The SMILES string of the molecule is CC(C)C(Nc1ccc(N)cc1C(F)F)C(N)=O. The molecular formula is C12H17F2N3O. The van der Waals surface area contributed by atoms with Crippen LogP contribution in [0.2, 0.25) is 0 Å². The Bertz CT molecular complexity index is 435. The lowest BCUT2D eigenvalue weighted by atomic mass is 10.0. The largest absolute Gasteiger partial charge is 0.399 e. The summed E-state index contributed by atoms with van der Waals surface area (Å²) in [5.41, 5.74) is 10.9. The number of benzene rings is 1. The van der Waals surface area contributed by atoms with E-state index in [0.717, 1.165) is 0 Å². The zero-order valence-electron chi connectivity index (χ0n) is 10.3. The van der Waals surface area contributed by atoms with Crippen LogP contribution in [-0.4, -0.2) is 11.9 Å². The van der Waals surface area contributed by atoms with Crippen molar-refractivity contribution in [3.05, 3.63) is 23.8 Å². The molecule has 1 amide bonds. The molecule has 0 heterocycles. The van der Waals surface area contributed by atoms with Crippen LogP contribution < -0.4 is 16.8 Å². The summed E-state index contributed by atoms with van der Waals surface area (Å²) in [6.07, 6.45) is -2.67. The average molecular weight is 257 g/mol. The molecule has 1 aromatic carbocycles. The Hall–Kier alpha value is -1.85. The molecule has 0 saturated heterocycles. The number of primary amides is 1. The predicted octanol–water partition coefficient (Wildman–Crippen LogP) is 2.13.